The molecule has 1 atom stereocenters. The largest absolute Gasteiger partial charge is 0.423 e. The van der Waals surface area contributed by atoms with E-state index in [-0.39, 0.29) is 11.7 Å². The van der Waals surface area contributed by atoms with Gasteiger partial charge in [0.25, 0.3) is 0 Å². The zero-order valence-electron chi connectivity index (χ0n) is 10.9. The monoisotopic (exact) mass is 259 g/mol. The summed E-state index contributed by atoms with van der Waals surface area (Å²) in [5.74, 6) is 0. The molecule has 1 N–H and O–H groups in total. The van der Waals surface area contributed by atoms with Gasteiger partial charge in [-0.25, -0.2) is 4.79 Å². The highest BCUT2D eigenvalue weighted by Crippen LogP contribution is 2.21. The average Bonchev–Trinajstić information content (AvgIpc) is 2.74. The van der Waals surface area contributed by atoms with Crippen molar-refractivity contribution in [2.24, 2.45) is 0 Å². The maximum atomic E-state index is 11.6. The number of aryl methyl sites for hydroxylation is 1. The summed E-state index contributed by atoms with van der Waals surface area (Å²) in [7, 11) is 0. The van der Waals surface area contributed by atoms with E-state index in [0.717, 1.165) is 29.5 Å². The van der Waals surface area contributed by atoms with Crippen molar-refractivity contribution in [1.82, 2.24) is 4.90 Å². The van der Waals surface area contributed by atoms with E-state index < -0.39 is 0 Å². The minimum absolute atomic E-state index is 0.242. The lowest BCUT2D eigenvalue weighted by atomic mass is 10.1. The highest BCUT2D eigenvalue weighted by molar-refractivity contribution is 5.80. The van der Waals surface area contributed by atoms with Crippen molar-refractivity contribution in [3.05, 3.63) is 45.8 Å². The number of fused-ring (bicyclic) bond motifs is 1. The molecule has 0 spiro atoms. The molecule has 2 heterocycles. The van der Waals surface area contributed by atoms with Crippen LogP contribution in [0, 0.1) is 6.92 Å². The van der Waals surface area contributed by atoms with Crippen molar-refractivity contribution in [2.75, 3.05) is 13.1 Å². The normalized spacial score (nSPS) is 20.2. The number of hydrogen-bond acceptors (Lipinski definition) is 4. The van der Waals surface area contributed by atoms with Crippen molar-refractivity contribution in [1.29, 1.82) is 0 Å². The van der Waals surface area contributed by atoms with E-state index in [2.05, 4.69) is 4.90 Å². The van der Waals surface area contributed by atoms with Crippen molar-refractivity contribution < 1.29 is 9.52 Å². The number of nitrogens with zero attached hydrogens (tertiary/aromatic N) is 1. The number of hydrogen-bond donors (Lipinski definition) is 1. The summed E-state index contributed by atoms with van der Waals surface area (Å²) in [6.45, 7) is 4.20. The van der Waals surface area contributed by atoms with Crippen LogP contribution < -0.4 is 5.63 Å². The molecule has 4 nitrogen and oxygen atoms in total. The SMILES string of the molecule is Cc1ccc2c(CN3CC[C@H](O)C3)cc(=O)oc2c1. The lowest BCUT2D eigenvalue weighted by Gasteiger charge is -2.15. The lowest BCUT2D eigenvalue weighted by Crippen LogP contribution is -2.22. The number of β-amino-alcohol motifs (C(OH)–C–C–N with tert-alkyl or cyclic N) is 1. The molecule has 3 rings (SSSR count). The minimum Gasteiger partial charge on any atom is -0.423 e. The standard InChI is InChI=1S/C15H17NO3/c1-10-2-3-13-11(7-15(18)19-14(13)6-10)8-16-5-4-12(17)9-16/h2-3,6-7,12,17H,4-5,8-9H2,1H3/t12-/m0/s1. The Morgan fingerprint density at radius 3 is 3.00 bits per heavy atom. The first-order chi connectivity index (χ1) is 9.11. The molecule has 1 fully saturated rings. The van der Waals surface area contributed by atoms with E-state index in [1.165, 1.54) is 0 Å². The van der Waals surface area contributed by atoms with Crippen molar-refractivity contribution in [3.63, 3.8) is 0 Å². The fourth-order valence-electron chi connectivity index (χ4n) is 2.66. The molecule has 1 aromatic carbocycles. The zero-order chi connectivity index (χ0) is 13.4. The minimum atomic E-state index is -0.312. The van der Waals surface area contributed by atoms with Gasteiger partial charge in [-0.15, -0.1) is 0 Å². The Bertz CT molecular complexity index is 662. The smallest absolute Gasteiger partial charge is 0.336 e. The van der Waals surface area contributed by atoms with Crippen LogP contribution in [0.25, 0.3) is 11.0 Å². The van der Waals surface area contributed by atoms with Crippen LogP contribution in [-0.2, 0) is 6.54 Å². The van der Waals surface area contributed by atoms with Crippen LogP contribution in [0.15, 0.2) is 33.5 Å². The molecule has 1 aromatic heterocycles. The van der Waals surface area contributed by atoms with Gasteiger partial charge in [0.05, 0.1) is 6.10 Å². The molecule has 100 valence electrons. The molecule has 1 aliphatic rings. The average molecular weight is 259 g/mol. The molecule has 0 amide bonds. The number of benzene rings is 1. The van der Waals surface area contributed by atoms with Crippen LogP contribution in [0.2, 0.25) is 0 Å². The van der Waals surface area contributed by atoms with Gasteiger partial charge in [-0.1, -0.05) is 12.1 Å². The van der Waals surface area contributed by atoms with Gasteiger partial charge in [0.2, 0.25) is 0 Å². The second kappa shape index (κ2) is 4.79. The van der Waals surface area contributed by atoms with E-state index >= 15 is 0 Å². The van der Waals surface area contributed by atoms with E-state index in [1.54, 1.807) is 6.07 Å². The van der Waals surface area contributed by atoms with Crippen LogP contribution in [0.5, 0.6) is 0 Å². The van der Waals surface area contributed by atoms with Gasteiger partial charge in [0, 0.05) is 31.1 Å². The maximum absolute atomic E-state index is 11.6. The Morgan fingerprint density at radius 2 is 2.26 bits per heavy atom. The maximum Gasteiger partial charge on any atom is 0.336 e. The van der Waals surface area contributed by atoms with Gasteiger partial charge >= 0.3 is 5.63 Å². The lowest BCUT2D eigenvalue weighted by molar-refractivity contribution is 0.175. The highest BCUT2D eigenvalue weighted by Gasteiger charge is 2.21. The fourth-order valence-corrected chi connectivity index (χ4v) is 2.66. The second-order valence-electron chi connectivity index (χ2n) is 5.27. The third-order valence-electron chi connectivity index (χ3n) is 3.63. The van der Waals surface area contributed by atoms with Crippen LogP contribution >= 0.6 is 0 Å². The van der Waals surface area contributed by atoms with E-state index in [0.29, 0.717) is 18.7 Å². The first kappa shape index (κ1) is 12.4. The van der Waals surface area contributed by atoms with Crippen molar-refractivity contribution in [2.45, 2.75) is 26.0 Å². The number of likely N-dealkylation sites (tertiary alicyclic amines) is 1. The molecule has 0 unspecified atom stereocenters. The quantitative estimate of drug-likeness (QED) is 0.833. The second-order valence-corrected chi connectivity index (χ2v) is 5.27. The summed E-state index contributed by atoms with van der Waals surface area (Å²) >= 11 is 0. The molecule has 1 saturated heterocycles. The molecule has 0 bridgehead atoms. The topological polar surface area (TPSA) is 53.7 Å². The fraction of sp³-hybridized carbons (Fsp3) is 0.400. The van der Waals surface area contributed by atoms with Crippen LogP contribution in [0.1, 0.15) is 17.5 Å². The Hall–Kier alpha value is -1.65. The predicted octanol–water partition coefficient (Wildman–Crippen LogP) is 1.67. The van der Waals surface area contributed by atoms with E-state index in [1.807, 2.05) is 25.1 Å². The van der Waals surface area contributed by atoms with Gasteiger partial charge in [-0.05, 0) is 30.5 Å². The van der Waals surface area contributed by atoms with Gasteiger partial charge in [0.1, 0.15) is 5.58 Å². The van der Waals surface area contributed by atoms with E-state index in [4.69, 9.17) is 4.42 Å². The summed E-state index contributed by atoms with van der Waals surface area (Å²) in [4.78, 5) is 13.8. The summed E-state index contributed by atoms with van der Waals surface area (Å²) in [5.41, 5.74) is 2.37. The van der Waals surface area contributed by atoms with E-state index in [9.17, 15) is 9.90 Å². The zero-order valence-corrected chi connectivity index (χ0v) is 10.9. The van der Waals surface area contributed by atoms with Crippen LogP contribution in [0.4, 0.5) is 0 Å². The Kier molecular flexibility index (Phi) is 3.12. The molecule has 0 radical (unpaired) electrons. The number of rotatable bonds is 2. The summed E-state index contributed by atoms with van der Waals surface area (Å²) < 4.78 is 5.25. The third kappa shape index (κ3) is 2.55. The molecule has 1 aliphatic heterocycles. The molecule has 19 heavy (non-hydrogen) atoms. The summed E-state index contributed by atoms with van der Waals surface area (Å²) in [6.07, 6.45) is 0.562. The Balaban J connectivity index is 2.00. The Morgan fingerprint density at radius 1 is 1.42 bits per heavy atom. The van der Waals surface area contributed by atoms with Crippen molar-refractivity contribution >= 4 is 11.0 Å². The predicted molar refractivity (Wildman–Crippen MR) is 73.1 cm³/mol. The number of aliphatic hydroxyl groups excluding tert-OH is 1. The molecular weight excluding hydrogens is 242 g/mol. The van der Waals surface area contributed by atoms with Crippen molar-refractivity contribution in [3.8, 4) is 0 Å². The molecule has 0 saturated carbocycles. The summed E-state index contributed by atoms with van der Waals surface area (Å²) in [5, 5.41) is 10.5. The first-order valence-corrected chi connectivity index (χ1v) is 6.55. The molecular formula is C15H17NO3. The van der Waals surface area contributed by atoms with Gasteiger partial charge in [0.15, 0.2) is 0 Å². The van der Waals surface area contributed by atoms with Gasteiger partial charge in [-0.2, -0.15) is 0 Å². The molecule has 0 aliphatic carbocycles. The number of aliphatic hydroxyl groups is 1. The molecule has 2 aromatic rings. The Labute approximate surface area is 111 Å². The van der Waals surface area contributed by atoms with Gasteiger partial charge < -0.3 is 9.52 Å². The first-order valence-electron chi connectivity index (χ1n) is 6.55. The van der Waals surface area contributed by atoms with Crippen LogP contribution in [0.3, 0.4) is 0 Å². The summed E-state index contributed by atoms with van der Waals surface area (Å²) in [6, 6.07) is 7.46. The third-order valence-corrected chi connectivity index (χ3v) is 3.63. The highest BCUT2D eigenvalue weighted by atomic mass is 16.4. The van der Waals surface area contributed by atoms with Gasteiger partial charge in [-0.3, -0.25) is 4.90 Å². The van der Waals surface area contributed by atoms with Crippen LogP contribution in [-0.4, -0.2) is 29.2 Å². The molecule has 4 heteroatoms.